The predicted molar refractivity (Wildman–Crippen MR) is 169 cm³/mol. The summed E-state index contributed by atoms with van der Waals surface area (Å²) >= 11 is 0. The maximum Gasteiger partial charge on any atom is 0.0354 e. The molecule has 0 heterocycles. The molecule has 0 aromatic rings. The SMILES string of the molecule is C[Si](C)(C)[Si](C)(C)[Si](C)(C)[Si](C)(C)[Si](C)(C)[Si](C)(C)[Si](C)(C)[Si](C)(C)[Si](C)(C)C. The molecule has 0 radical (unpaired) electrons. The molecule has 0 aliphatic rings. The predicted octanol–water partition coefficient (Wildman–Crippen LogP) is 8.25. The molecule has 0 aromatic heterocycles. The van der Waals surface area contributed by atoms with Crippen molar-refractivity contribution in [2.24, 2.45) is 0 Å². The van der Waals surface area contributed by atoms with Gasteiger partial charge in [0.15, 0.2) is 0 Å². The molecule has 0 atom stereocenters. The summed E-state index contributed by atoms with van der Waals surface area (Å²) in [5, 5.41) is 0. The normalized spacial score (nSPS) is 17.0. The Hall–Kier alpha value is 1.95. The van der Waals surface area contributed by atoms with Crippen molar-refractivity contribution in [3.05, 3.63) is 0 Å². The highest BCUT2D eigenvalue weighted by Crippen LogP contribution is 2.46. The fourth-order valence-corrected chi connectivity index (χ4v) is 278. The molecule has 0 unspecified atom stereocenters. The molecule has 0 saturated carbocycles. The van der Waals surface area contributed by atoms with Crippen molar-refractivity contribution >= 4 is 64.9 Å². The summed E-state index contributed by atoms with van der Waals surface area (Å²) in [7, 11) is -10.8. The van der Waals surface area contributed by atoms with Gasteiger partial charge in [-0.05, 0) is 0 Å². The molecule has 0 bridgehead atoms. The van der Waals surface area contributed by atoms with Gasteiger partial charge in [-0.2, -0.15) is 0 Å². The Morgan fingerprint density at radius 1 is 0.172 bits per heavy atom. The lowest BCUT2D eigenvalue weighted by atomic mass is 11.8. The first kappa shape index (κ1) is 31.0. The zero-order valence-corrected chi connectivity index (χ0v) is 33.5. The Morgan fingerprint density at radius 2 is 0.276 bits per heavy atom. The molecule has 0 amide bonds. The maximum absolute atomic E-state index is 2.96. The fraction of sp³-hybridized carbons (Fsp3) is 1.00. The molecule has 0 spiro atoms. The minimum absolute atomic E-state index is 1.08. The molecule has 0 aromatic carbocycles. The van der Waals surface area contributed by atoms with Crippen molar-refractivity contribution < 1.29 is 0 Å². The average molecular weight is 553 g/mol. The van der Waals surface area contributed by atoms with Gasteiger partial charge < -0.3 is 0 Å². The van der Waals surface area contributed by atoms with Crippen molar-refractivity contribution in [3.63, 3.8) is 0 Å². The van der Waals surface area contributed by atoms with Crippen LogP contribution in [0.5, 0.6) is 0 Å². The highest BCUT2D eigenvalue weighted by molar-refractivity contribution is 8.05. The van der Waals surface area contributed by atoms with Crippen LogP contribution in [0.4, 0.5) is 0 Å². The molecule has 9 heteroatoms. The van der Waals surface area contributed by atoms with E-state index in [2.05, 4.69) is 131 Å². The second kappa shape index (κ2) is 8.02. The maximum atomic E-state index is 2.96. The second-order valence-corrected chi connectivity index (χ2v) is 120. The zero-order valence-electron chi connectivity index (χ0n) is 24.5. The van der Waals surface area contributed by atoms with Gasteiger partial charge in [-0.25, -0.2) is 0 Å². The van der Waals surface area contributed by atoms with Crippen molar-refractivity contribution in [1.29, 1.82) is 0 Å². The van der Waals surface area contributed by atoms with Gasteiger partial charge in [0.2, 0.25) is 0 Å². The Kier molecular flexibility index (Phi) is 8.56. The molecule has 0 rings (SSSR count). The van der Waals surface area contributed by atoms with Crippen LogP contribution < -0.4 is 0 Å². The fourth-order valence-electron chi connectivity index (χ4n) is 5.78. The minimum atomic E-state index is -1.29. The van der Waals surface area contributed by atoms with Crippen molar-refractivity contribution in [1.82, 2.24) is 0 Å². The van der Waals surface area contributed by atoms with Crippen LogP contribution >= 0.6 is 0 Å². The van der Waals surface area contributed by atoms with E-state index in [-0.39, 0.29) is 0 Å². The summed E-state index contributed by atoms with van der Waals surface area (Å²) in [6.45, 7) is 57.1. The van der Waals surface area contributed by atoms with Gasteiger partial charge >= 0.3 is 0 Å². The van der Waals surface area contributed by atoms with Gasteiger partial charge in [-0.1, -0.05) is 131 Å². The van der Waals surface area contributed by atoms with E-state index in [1.165, 1.54) is 0 Å². The lowest BCUT2D eigenvalue weighted by Gasteiger charge is -2.66. The van der Waals surface area contributed by atoms with Crippen LogP contribution in [0.25, 0.3) is 0 Å². The molecule has 176 valence electrons. The van der Waals surface area contributed by atoms with Crippen LogP contribution in [0.1, 0.15) is 0 Å². The summed E-state index contributed by atoms with van der Waals surface area (Å²) in [6, 6.07) is 0. The van der Waals surface area contributed by atoms with E-state index in [1.54, 1.807) is 0 Å². The third kappa shape index (κ3) is 4.28. The van der Waals surface area contributed by atoms with Gasteiger partial charge in [0, 0.05) is 64.9 Å². The van der Waals surface area contributed by atoms with E-state index >= 15 is 0 Å². The van der Waals surface area contributed by atoms with Crippen LogP contribution in [0.15, 0.2) is 0 Å². The first-order valence-electron chi connectivity index (χ1n) is 12.0. The number of rotatable bonds is 8. The van der Waals surface area contributed by atoms with E-state index in [9.17, 15) is 0 Å². The molecule has 29 heavy (non-hydrogen) atoms. The van der Waals surface area contributed by atoms with Gasteiger partial charge in [-0.3, -0.25) is 0 Å². The summed E-state index contributed by atoms with van der Waals surface area (Å²) in [6.07, 6.45) is 0. The first-order chi connectivity index (χ1) is 12.0. The van der Waals surface area contributed by atoms with E-state index in [4.69, 9.17) is 0 Å². The topological polar surface area (TPSA) is 0 Å². The quantitative estimate of drug-likeness (QED) is 0.266. The summed E-state index contributed by atoms with van der Waals surface area (Å²) < 4.78 is 0. The van der Waals surface area contributed by atoms with Gasteiger partial charge in [0.05, 0.1) is 0 Å². The molecule has 0 aliphatic heterocycles. The molecular weight excluding hydrogens is 493 g/mol. The number of hydrogen-bond acceptors (Lipinski definition) is 0. The summed E-state index contributed by atoms with van der Waals surface area (Å²) in [4.78, 5) is 0. The van der Waals surface area contributed by atoms with Crippen LogP contribution in [0, 0.1) is 0 Å². The van der Waals surface area contributed by atoms with Gasteiger partial charge in [0.1, 0.15) is 0 Å². The van der Waals surface area contributed by atoms with E-state index < -0.39 is 64.9 Å². The lowest BCUT2D eigenvalue weighted by molar-refractivity contribution is 1.71. The Labute approximate surface area is 194 Å². The Bertz CT molecular complexity index is 548. The third-order valence-corrected chi connectivity index (χ3v) is 213. The third-order valence-electron chi connectivity index (χ3n) is 13.1. The molecule has 0 aliphatic carbocycles. The van der Waals surface area contributed by atoms with Crippen molar-refractivity contribution in [3.8, 4) is 0 Å². The number of hydrogen-bond donors (Lipinski definition) is 0. The van der Waals surface area contributed by atoms with Crippen LogP contribution in [-0.2, 0) is 0 Å². The highest BCUT2D eigenvalue weighted by atomic mass is 30.1. The zero-order chi connectivity index (χ0) is 24.5. The lowest BCUT2D eigenvalue weighted by Crippen LogP contribution is -2.93. The van der Waals surface area contributed by atoms with E-state index in [1.807, 2.05) is 0 Å². The molecule has 0 fully saturated rings. The molecule has 0 N–H and O–H groups in total. The Morgan fingerprint density at radius 3 is 0.379 bits per heavy atom. The van der Waals surface area contributed by atoms with Crippen LogP contribution in [0.3, 0.4) is 0 Å². The first-order valence-corrected chi connectivity index (χ1v) is 48.0. The average Bonchev–Trinajstić information content (AvgIpc) is 2.43. The highest BCUT2D eigenvalue weighted by Gasteiger charge is 2.70. The van der Waals surface area contributed by atoms with Crippen LogP contribution in [0.2, 0.25) is 131 Å². The van der Waals surface area contributed by atoms with E-state index in [0.29, 0.717) is 0 Å². The summed E-state index contributed by atoms with van der Waals surface area (Å²) in [5.74, 6) is 0. The largest absolute Gasteiger partial charge is 0.0735 e. The van der Waals surface area contributed by atoms with Crippen molar-refractivity contribution in [2.45, 2.75) is 131 Å². The summed E-state index contributed by atoms with van der Waals surface area (Å²) in [5.41, 5.74) is 0. The molecular formula is C20H60Si9. The molecule has 0 nitrogen and oxygen atoms in total. The van der Waals surface area contributed by atoms with Gasteiger partial charge in [-0.15, -0.1) is 0 Å². The minimum Gasteiger partial charge on any atom is -0.0735 e. The Balaban J connectivity index is 6.82. The standard InChI is InChI=1S/C20H60Si9/c1-21(2,3)23(7,8)25(11,12)27(15,16)29(19,20)28(17,18)26(13,14)24(9,10)22(4,5)6/h1-20H3. The van der Waals surface area contributed by atoms with E-state index in [0.717, 1.165) is 0 Å². The van der Waals surface area contributed by atoms with Crippen LogP contribution in [-0.4, -0.2) is 64.9 Å². The monoisotopic (exact) mass is 552 g/mol. The van der Waals surface area contributed by atoms with Gasteiger partial charge in [0.25, 0.3) is 0 Å². The second-order valence-electron chi connectivity index (χ2n) is 15.9. The smallest absolute Gasteiger partial charge is 0.0354 e. The molecule has 0 saturated heterocycles. The van der Waals surface area contributed by atoms with Crippen molar-refractivity contribution in [2.75, 3.05) is 0 Å².